The minimum Gasteiger partial charge on any atom is -0.330 e. The number of hydrogen-bond donors (Lipinski definition) is 2. The van der Waals surface area contributed by atoms with Gasteiger partial charge in [0, 0.05) is 6.04 Å². The van der Waals surface area contributed by atoms with Gasteiger partial charge in [0.1, 0.15) is 0 Å². The fraction of sp³-hybridized carbons (Fsp3) is 1.00. The van der Waals surface area contributed by atoms with Crippen LogP contribution >= 0.6 is 0 Å². The van der Waals surface area contributed by atoms with Crippen LogP contribution < -0.4 is 11.5 Å². The smallest absolute Gasteiger partial charge is 0.00388 e. The molecule has 0 aliphatic carbocycles. The van der Waals surface area contributed by atoms with E-state index in [1.807, 2.05) is 0 Å². The molecule has 0 saturated heterocycles. The van der Waals surface area contributed by atoms with Gasteiger partial charge in [-0.2, -0.15) is 0 Å². The second kappa shape index (κ2) is 17.0. The lowest BCUT2D eigenvalue weighted by molar-refractivity contribution is 0.483. The van der Waals surface area contributed by atoms with Gasteiger partial charge in [-0.1, -0.05) is 84.0 Å². The van der Waals surface area contributed by atoms with Crippen LogP contribution in [0.25, 0.3) is 0 Å². The van der Waals surface area contributed by atoms with E-state index in [2.05, 4.69) is 6.92 Å². The Labute approximate surface area is 128 Å². The summed E-state index contributed by atoms with van der Waals surface area (Å²) >= 11 is 0. The lowest BCUT2D eigenvalue weighted by Crippen LogP contribution is -2.19. The fourth-order valence-corrected chi connectivity index (χ4v) is 2.77. The maximum atomic E-state index is 6.17. The van der Waals surface area contributed by atoms with Crippen molar-refractivity contribution in [1.29, 1.82) is 0 Å². The highest BCUT2D eigenvalue weighted by molar-refractivity contribution is 4.61. The average Bonchev–Trinajstić information content (AvgIpc) is 2.45. The Kier molecular flexibility index (Phi) is 16.9. The van der Waals surface area contributed by atoms with Crippen molar-refractivity contribution in [1.82, 2.24) is 0 Å². The van der Waals surface area contributed by atoms with Gasteiger partial charge in [-0.15, -0.1) is 0 Å². The molecule has 0 aliphatic heterocycles. The first-order valence-electron chi connectivity index (χ1n) is 9.27. The van der Waals surface area contributed by atoms with Crippen LogP contribution in [0.5, 0.6) is 0 Å². The molecular formula is C18H40N2. The number of nitrogens with two attached hydrogens (primary N) is 2. The van der Waals surface area contributed by atoms with Crippen molar-refractivity contribution in [2.75, 3.05) is 6.54 Å². The molecule has 1 atom stereocenters. The molecule has 0 spiro atoms. The summed E-state index contributed by atoms with van der Waals surface area (Å²) in [6, 6.07) is 0.459. The first-order chi connectivity index (χ1) is 9.81. The first kappa shape index (κ1) is 19.9. The van der Waals surface area contributed by atoms with Crippen LogP contribution in [0.4, 0.5) is 0 Å². The lowest BCUT2D eigenvalue weighted by atomic mass is 10.0. The van der Waals surface area contributed by atoms with Crippen LogP contribution in [0, 0.1) is 0 Å². The van der Waals surface area contributed by atoms with Gasteiger partial charge in [0.05, 0.1) is 0 Å². The van der Waals surface area contributed by atoms with Crippen LogP contribution in [-0.4, -0.2) is 12.6 Å². The topological polar surface area (TPSA) is 52.0 Å². The Hall–Kier alpha value is -0.0800. The van der Waals surface area contributed by atoms with Crippen molar-refractivity contribution in [2.45, 2.75) is 109 Å². The van der Waals surface area contributed by atoms with E-state index < -0.39 is 0 Å². The minimum atomic E-state index is 0.459. The van der Waals surface area contributed by atoms with Gasteiger partial charge in [0.2, 0.25) is 0 Å². The van der Waals surface area contributed by atoms with Crippen molar-refractivity contribution < 1.29 is 0 Å². The quantitative estimate of drug-likeness (QED) is 0.385. The van der Waals surface area contributed by atoms with Gasteiger partial charge in [-0.3, -0.25) is 0 Å². The zero-order valence-electron chi connectivity index (χ0n) is 14.0. The van der Waals surface area contributed by atoms with E-state index in [9.17, 15) is 0 Å². The molecule has 0 amide bonds. The predicted octanol–water partition coefficient (Wildman–Crippen LogP) is 5.14. The summed E-state index contributed by atoms with van der Waals surface area (Å²) in [5.74, 6) is 0. The van der Waals surface area contributed by atoms with Gasteiger partial charge in [-0.25, -0.2) is 0 Å². The second-order valence-corrected chi connectivity index (χ2v) is 6.37. The number of rotatable bonds is 16. The lowest BCUT2D eigenvalue weighted by Gasteiger charge is -2.11. The zero-order valence-corrected chi connectivity index (χ0v) is 14.0. The third-order valence-electron chi connectivity index (χ3n) is 4.21. The van der Waals surface area contributed by atoms with E-state index in [-0.39, 0.29) is 0 Å². The van der Waals surface area contributed by atoms with Crippen molar-refractivity contribution >= 4 is 0 Å². The average molecular weight is 285 g/mol. The van der Waals surface area contributed by atoms with Gasteiger partial charge in [-0.05, 0) is 25.8 Å². The van der Waals surface area contributed by atoms with Crippen LogP contribution in [0.15, 0.2) is 0 Å². The normalized spacial score (nSPS) is 12.8. The predicted molar refractivity (Wildman–Crippen MR) is 92.0 cm³/mol. The standard InChI is InChI=1S/C18H40N2/c1-2-3-4-9-12-15-18(20)16-13-10-7-5-6-8-11-14-17-19/h18H,2-17,19-20H2,1H3. The molecule has 0 radical (unpaired) electrons. The van der Waals surface area contributed by atoms with Crippen molar-refractivity contribution in [3.63, 3.8) is 0 Å². The summed E-state index contributed by atoms with van der Waals surface area (Å²) in [5.41, 5.74) is 11.7. The summed E-state index contributed by atoms with van der Waals surface area (Å²) in [4.78, 5) is 0. The molecule has 2 nitrogen and oxygen atoms in total. The summed E-state index contributed by atoms with van der Waals surface area (Å²) in [7, 11) is 0. The maximum absolute atomic E-state index is 6.17. The summed E-state index contributed by atoms with van der Waals surface area (Å²) < 4.78 is 0. The van der Waals surface area contributed by atoms with Gasteiger partial charge in [0.15, 0.2) is 0 Å². The molecule has 122 valence electrons. The Morgan fingerprint density at radius 1 is 0.600 bits per heavy atom. The number of unbranched alkanes of at least 4 members (excludes halogenated alkanes) is 11. The van der Waals surface area contributed by atoms with Crippen molar-refractivity contribution in [3.8, 4) is 0 Å². The van der Waals surface area contributed by atoms with Gasteiger partial charge < -0.3 is 11.5 Å². The molecular weight excluding hydrogens is 244 g/mol. The molecule has 20 heavy (non-hydrogen) atoms. The summed E-state index contributed by atoms with van der Waals surface area (Å²) in [6.07, 6.45) is 20.1. The van der Waals surface area contributed by atoms with Crippen LogP contribution in [0.3, 0.4) is 0 Å². The largest absolute Gasteiger partial charge is 0.330 e. The highest BCUT2D eigenvalue weighted by Crippen LogP contribution is 2.13. The minimum absolute atomic E-state index is 0.459. The van der Waals surface area contributed by atoms with Crippen molar-refractivity contribution in [2.24, 2.45) is 11.5 Å². The van der Waals surface area contributed by atoms with Gasteiger partial charge in [0.25, 0.3) is 0 Å². The van der Waals surface area contributed by atoms with E-state index in [0.717, 1.165) is 6.54 Å². The van der Waals surface area contributed by atoms with E-state index in [4.69, 9.17) is 11.5 Å². The van der Waals surface area contributed by atoms with Crippen molar-refractivity contribution in [3.05, 3.63) is 0 Å². The molecule has 0 aromatic carbocycles. The second-order valence-electron chi connectivity index (χ2n) is 6.37. The summed E-state index contributed by atoms with van der Waals surface area (Å²) in [5, 5.41) is 0. The Balaban J connectivity index is 3.09. The molecule has 0 aromatic heterocycles. The first-order valence-corrected chi connectivity index (χ1v) is 9.27. The molecule has 2 heteroatoms. The Morgan fingerprint density at radius 3 is 1.45 bits per heavy atom. The monoisotopic (exact) mass is 284 g/mol. The third-order valence-corrected chi connectivity index (χ3v) is 4.21. The molecule has 1 unspecified atom stereocenters. The highest BCUT2D eigenvalue weighted by atomic mass is 14.6. The summed E-state index contributed by atoms with van der Waals surface area (Å²) in [6.45, 7) is 3.13. The van der Waals surface area contributed by atoms with Gasteiger partial charge >= 0.3 is 0 Å². The molecule has 0 heterocycles. The molecule has 0 bridgehead atoms. The molecule has 0 aromatic rings. The highest BCUT2D eigenvalue weighted by Gasteiger charge is 2.02. The fourth-order valence-electron chi connectivity index (χ4n) is 2.77. The Morgan fingerprint density at radius 2 is 1.00 bits per heavy atom. The maximum Gasteiger partial charge on any atom is 0.00388 e. The van der Waals surface area contributed by atoms with E-state index >= 15 is 0 Å². The zero-order chi connectivity index (χ0) is 14.9. The molecule has 0 saturated carbocycles. The van der Waals surface area contributed by atoms with E-state index in [1.165, 1.54) is 96.3 Å². The third kappa shape index (κ3) is 16.0. The van der Waals surface area contributed by atoms with Crippen LogP contribution in [-0.2, 0) is 0 Å². The van der Waals surface area contributed by atoms with Crippen LogP contribution in [0.1, 0.15) is 103 Å². The van der Waals surface area contributed by atoms with E-state index in [0.29, 0.717) is 6.04 Å². The molecule has 4 N–H and O–H groups in total. The number of hydrogen-bond acceptors (Lipinski definition) is 2. The van der Waals surface area contributed by atoms with E-state index in [1.54, 1.807) is 0 Å². The molecule has 0 rings (SSSR count). The molecule has 0 aliphatic rings. The SMILES string of the molecule is CCCCCCCC(N)CCCCCCCCCCN. The molecule has 0 fully saturated rings. The van der Waals surface area contributed by atoms with Crippen LogP contribution in [0.2, 0.25) is 0 Å². The Bertz CT molecular complexity index is 171.